The molecule has 166 valence electrons. The Labute approximate surface area is 187 Å². The van der Waals surface area contributed by atoms with Crippen LogP contribution in [0.3, 0.4) is 0 Å². The molecule has 0 saturated carbocycles. The lowest BCUT2D eigenvalue weighted by Gasteiger charge is -2.43. The van der Waals surface area contributed by atoms with E-state index in [0.717, 1.165) is 11.1 Å². The first-order valence-corrected chi connectivity index (χ1v) is 12.2. The zero-order chi connectivity index (χ0) is 22.3. The van der Waals surface area contributed by atoms with E-state index in [-0.39, 0.29) is 30.0 Å². The second-order valence-corrected chi connectivity index (χ2v) is 10.6. The van der Waals surface area contributed by atoms with Gasteiger partial charge in [-0.1, -0.05) is 23.7 Å². The van der Waals surface area contributed by atoms with Gasteiger partial charge >= 0.3 is 0 Å². The molecule has 2 unspecified atom stereocenters. The number of ether oxygens (including phenoxy) is 2. The molecule has 0 aliphatic carbocycles. The number of nitrogens with zero attached hydrogens (tertiary/aromatic N) is 2. The summed E-state index contributed by atoms with van der Waals surface area (Å²) in [5.41, 5.74) is 2.46. The highest BCUT2D eigenvalue weighted by molar-refractivity contribution is 7.91. The van der Waals surface area contributed by atoms with Crippen molar-refractivity contribution in [3.63, 3.8) is 0 Å². The first-order valence-electron chi connectivity index (χ1n) is 9.96. The van der Waals surface area contributed by atoms with Gasteiger partial charge < -0.3 is 14.4 Å². The summed E-state index contributed by atoms with van der Waals surface area (Å²) in [6.45, 7) is 2.44. The van der Waals surface area contributed by atoms with E-state index < -0.39 is 15.9 Å². The predicted molar refractivity (Wildman–Crippen MR) is 120 cm³/mol. The third kappa shape index (κ3) is 4.24. The van der Waals surface area contributed by atoms with Gasteiger partial charge in [0.05, 0.1) is 38.3 Å². The summed E-state index contributed by atoms with van der Waals surface area (Å²) in [4.78, 5) is 16.7. The zero-order valence-electron chi connectivity index (χ0n) is 17.7. The summed E-state index contributed by atoms with van der Waals surface area (Å²) in [6.07, 6.45) is 0. The summed E-state index contributed by atoms with van der Waals surface area (Å²) >= 11 is 6.28. The van der Waals surface area contributed by atoms with Crippen molar-refractivity contribution in [3.05, 3.63) is 52.5 Å². The number of rotatable bonds is 5. The minimum absolute atomic E-state index is 0.0222. The number of carbonyl (C=O) groups excluding carboxylic acids is 1. The van der Waals surface area contributed by atoms with Gasteiger partial charge in [-0.15, -0.1) is 0 Å². The van der Waals surface area contributed by atoms with Crippen molar-refractivity contribution in [1.29, 1.82) is 0 Å². The fraction of sp³-hybridized carbons (Fsp3) is 0.409. The molecule has 0 aromatic heterocycles. The lowest BCUT2D eigenvalue weighted by molar-refractivity contribution is -0.123. The van der Waals surface area contributed by atoms with Gasteiger partial charge in [0, 0.05) is 23.3 Å². The molecule has 2 aliphatic heterocycles. The Morgan fingerprint density at radius 1 is 1.03 bits per heavy atom. The standard InChI is InChI=1S/C22H25ClN2O5S/c1-14-4-6-16(9-17(14)23)25-19-13-31(27,28)12-18(19)24(11-22(25)26)10-15-5-7-20(29-2)21(8-15)30-3/h4-9,18-19H,10-13H2,1-3H3. The quantitative estimate of drug-likeness (QED) is 0.677. The number of benzene rings is 2. The summed E-state index contributed by atoms with van der Waals surface area (Å²) in [5.74, 6) is 1.03. The molecule has 1 amide bonds. The van der Waals surface area contributed by atoms with Crippen molar-refractivity contribution in [2.24, 2.45) is 0 Å². The van der Waals surface area contributed by atoms with Crippen LogP contribution in [-0.4, -0.2) is 63.6 Å². The Morgan fingerprint density at radius 2 is 1.74 bits per heavy atom. The van der Waals surface area contributed by atoms with Crippen LogP contribution >= 0.6 is 11.6 Å². The number of hydrogen-bond donors (Lipinski definition) is 0. The van der Waals surface area contributed by atoms with Gasteiger partial charge in [-0.3, -0.25) is 9.69 Å². The minimum Gasteiger partial charge on any atom is -0.493 e. The lowest BCUT2D eigenvalue weighted by Crippen LogP contribution is -2.61. The van der Waals surface area contributed by atoms with Gasteiger partial charge in [0.25, 0.3) is 0 Å². The Kier molecular flexibility index (Phi) is 5.89. The van der Waals surface area contributed by atoms with Crippen LogP contribution in [-0.2, 0) is 21.2 Å². The summed E-state index contributed by atoms with van der Waals surface area (Å²) in [7, 11) is -0.138. The Morgan fingerprint density at radius 3 is 2.42 bits per heavy atom. The molecule has 31 heavy (non-hydrogen) atoms. The fourth-order valence-electron chi connectivity index (χ4n) is 4.41. The van der Waals surface area contributed by atoms with Crippen molar-refractivity contribution in [3.8, 4) is 11.5 Å². The molecule has 0 radical (unpaired) electrons. The smallest absolute Gasteiger partial charge is 0.241 e. The van der Waals surface area contributed by atoms with Crippen molar-refractivity contribution in [2.75, 3.05) is 37.2 Å². The molecule has 7 nitrogen and oxygen atoms in total. The van der Waals surface area contributed by atoms with Crippen molar-refractivity contribution >= 4 is 33.0 Å². The van der Waals surface area contributed by atoms with Gasteiger partial charge in [-0.2, -0.15) is 0 Å². The Bertz CT molecular complexity index is 1120. The average molecular weight is 465 g/mol. The molecule has 2 aromatic rings. The van der Waals surface area contributed by atoms with E-state index in [0.29, 0.717) is 28.8 Å². The maximum atomic E-state index is 13.2. The SMILES string of the molecule is COc1ccc(CN2CC(=O)N(c3ccc(C)c(Cl)c3)C3CS(=O)(=O)CC32)cc1OC. The number of anilines is 1. The van der Waals surface area contributed by atoms with Crippen LogP contribution in [0.2, 0.25) is 5.02 Å². The van der Waals surface area contributed by atoms with E-state index in [4.69, 9.17) is 21.1 Å². The largest absolute Gasteiger partial charge is 0.493 e. The van der Waals surface area contributed by atoms with Crippen LogP contribution in [0.5, 0.6) is 11.5 Å². The molecule has 2 aliphatic rings. The highest BCUT2D eigenvalue weighted by atomic mass is 35.5. The normalized spacial score (nSPS) is 23.0. The predicted octanol–water partition coefficient (Wildman–Crippen LogP) is 2.68. The molecule has 9 heteroatoms. The van der Waals surface area contributed by atoms with E-state index >= 15 is 0 Å². The molecule has 2 saturated heterocycles. The Hall–Kier alpha value is -2.29. The molecule has 2 atom stereocenters. The van der Waals surface area contributed by atoms with E-state index in [1.807, 2.05) is 42.2 Å². The lowest BCUT2D eigenvalue weighted by atomic mass is 10.0. The minimum atomic E-state index is -3.27. The molecular formula is C22H25ClN2O5S. The number of halogens is 1. The number of amides is 1. The number of piperazine rings is 1. The number of methoxy groups -OCH3 is 2. The van der Waals surface area contributed by atoms with Crippen LogP contribution in [0.1, 0.15) is 11.1 Å². The molecule has 2 heterocycles. The van der Waals surface area contributed by atoms with Crippen molar-refractivity contribution < 1.29 is 22.7 Å². The van der Waals surface area contributed by atoms with E-state index in [1.54, 1.807) is 25.2 Å². The van der Waals surface area contributed by atoms with E-state index in [2.05, 4.69) is 0 Å². The van der Waals surface area contributed by atoms with Crippen LogP contribution in [0.25, 0.3) is 0 Å². The van der Waals surface area contributed by atoms with Crippen LogP contribution < -0.4 is 14.4 Å². The molecule has 0 N–H and O–H groups in total. The zero-order valence-corrected chi connectivity index (χ0v) is 19.2. The topological polar surface area (TPSA) is 76.2 Å². The number of carbonyl (C=O) groups is 1. The van der Waals surface area contributed by atoms with Crippen LogP contribution in [0, 0.1) is 6.92 Å². The third-order valence-corrected chi connectivity index (χ3v) is 8.07. The molecule has 2 fully saturated rings. The van der Waals surface area contributed by atoms with Gasteiger partial charge in [-0.05, 0) is 42.3 Å². The number of hydrogen-bond acceptors (Lipinski definition) is 6. The molecule has 2 aromatic carbocycles. The first-order chi connectivity index (χ1) is 14.7. The highest BCUT2D eigenvalue weighted by Gasteiger charge is 2.49. The maximum Gasteiger partial charge on any atom is 0.241 e. The fourth-order valence-corrected chi connectivity index (χ4v) is 6.57. The van der Waals surface area contributed by atoms with Crippen LogP contribution in [0.4, 0.5) is 5.69 Å². The monoisotopic (exact) mass is 464 g/mol. The van der Waals surface area contributed by atoms with Crippen molar-refractivity contribution in [2.45, 2.75) is 25.6 Å². The van der Waals surface area contributed by atoms with E-state index in [9.17, 15) is 13.2 Å². The molecule has 0 bridgehead atoms. The van der Waals surface area contributed by atoms with E-state index in [1.165, 1.54) is 0 Å². The second-order valence-electron chi connectivity index (χ2n) is 8.00. The summed E-state index contributed by atoms with van der Waals surface area (Å²) in [5, 5.41) is 0.551. The van der Waals surface area contributed by atoms with Crippen LogP contribution in [0.15, 0.2) is 36.4 Å². The van der Waals surface area contributed by atoms with Gasteiger partial charge in [0.15, 0.2) is 21.3 Å². The van der Waals surface area contributed by atoms with Crippen molar-refractivity contribution in [1.82, 2.24) is 4.90 Å². The average Bonchev–Trinajstić information content (AvgIpc) is 3.05. The van der Waals surface area contributed by atoms with Gasteiger partial charge in [0.1, 0.15) is 0 Å². The molecule has 4 rings (SSSR count). The number of sulfone groups is 1. The molecular weight excluding hydrogens is 440 g/mol. The first kappa shape index (κ1) is 21.9. The highest BCUT2D eigenvalue weighted by Crippen LogP contribution is 2.35. The van der Waals surface area contributed by atoms with Gasteiger partial charge in [0.2, 0.25) is 5.91 Å². The summed E-state index contributed by atoms with van der Waals surface area (Å²) < 4.78 is 35.8. The number of fused-ring (bicyclic) bond motifs is 1. The second kappa shape index (κ2) is 8.33. The summed E-state index contributed by atoms with van der Waals surface area (Å²) in [6, 6.07) is 10.2. The maximum absolute atomic E-state index is 13.2. The third-order valence-electron chi connectivity index (χ3n) is 5.97. The number of aryl methyl sites for hydroxylation is 1. The van der Waals surface area contributed by atoms with Gasteiger partial charge in [-0.25, -0.2) is 8.42 Å². The molecule has 0 spiro atoms. The Balaban J connectivity index is 1.65.